The Kier molecular flexibility index (Phi) is 5.00. The van der Waals surface area contributed by atoms with Crippen LogP contribution in [0.5, 0.6) is 5.75 Å². The van der Waals surface area contributed by atoms with E-state index in [-0.39, 0.29) is 11.9 Å². The molecule has 4 heteroatoms. The van der Waals surface area contributed by atoms with Gasteiger partial charge in [0.25, 0.3) is 5.91 Å². The van der Waals surface area contributed by atoms with E-state index in [0.717, 1.165) is 12.8 Å². The molecule has 1 aromatic carbocycles. The Morgan fingerprint density at radius 1 is 1.35 bits per heavy atom. The minimum absolute atomic E-state index is 0.107. The number of rotatable bonds is 4. The molecule has 0 bridgehead atoms. The molecule has 1 saturated carbocycles. The fourth-order valence-electron chi connectivity index (χ4n) is 2.47. The second kappa shape index (κ2) is 6.95. The lowest BCUT2D eigenvalue weighted by molar-refractivity contribution is -0.128. The van der Waals surface area contributed by atoms with E-state index in [9.17, 15) is 4.79 Å². The zero-order valence-corrected chi connectivity index (χ0v) is 11.8. The SMILES string of the molecule is C[C@H](Oc1ccccc1C#N)C(=O)NC1CCCCC1. The second-order valence-electron chi connectivity index (χ2n) is 5.21. The maximum Gasteiger partial charge on any atom is 0.260 e. The lowest BCUT2D eigenvalue weighted by atomic mass is 9.95. The number of carbonyl (C=O) groups excluding carboxylic acids is 1. The molecule has 1 amide bonds. The largest absolute Gasteiger partial charge is 0.480 e. The van der Waals surface area contributed by atoms with Crippen LogP contribution in [0.25, 0.3) is 0 Å². The van der Waals surface area contributed by atoms with Crippen molar-refractivity contribution in [2.45, 2.75) is 51.2 Å². The molecule has 4 nitrogen and oxygen atoms in total. The molecule has 106 valence electrons. The molecule has 0 saturated heterocycles. The van der Waals surface area contributed by atoms with Crippen LogP contribution < -0.4 is 10.1 Å². The highest BCUT2D eigenvalue weighted by atomic mass is 16.5. The molecule has 1 atom stereocenters. The van der Waals surface area contributed by atoms with E-state index in [4.69, 9.17) is 10.00 Å². The number of hydrogen-bond acceptors (Lipinski definition) is 3. The number of hydrogen-bond donors (Lipinski definition) is 1. The van der Waals surface area contributed by atoms with Gasteiger partial charge in [-0.3, -0.25) is 4.79 Å². The van der Waals surface area contributed by atoms with Crippen molar-refractivity contribution in [2.75, 3.05) is 0 Å². The van der Waals surface area contributed by atoms with Crippen LogP contribution in [-0.4, -0.2) is 18.1 Å². The average molecular weight is 272 g/mol. The summed E-state index contributed by atoms with van der Waals surface area (Å²) in [6, 6.07) is 9.30. The number of amides is 1. The van der Waals surface area contributed by atoms with Gasteiger partial charge >= 0.3 is 0 Å². The highest BCUT2D eigenvalue weighted by molar-refractivity contribution is 5.81. The van der Waals surface area contributed by atoms with Crippen molar-refractivity contribution in [3.8, 4) is 11.8 Å². The van der Waals surface area contributed by atoms with Gasteiger partial charge in [0, 0.05) is 6.04 Å². The van der Waals surface area contributed by atoms with Gasteiger partial charge in [-0.1, -0.05) is 31.4 Å². The zero-order valence-electron chi connectivity index (χ0n) is 11.8. The van der Waals surface area contributed by atoms with E-state index in [1.807, 2.05) is 0 Å². The molecule has 0 heterocycles. The summed E-state index contributed by atoms with van der Waals surface area (Å²) in [5, 5.41) is 12.0. The van der Waals surface area contributed by atoms with Gasteiger partial charge in [0.15, 0.2) is 6.10 Å². The quantitative estimate of drug-likeness (QED) is 0.916. The molecule has 0 aromatic heterocycles. The van der Waals surface area contributed by atoms with Crippen LogP contribution in [-0.2, 0) is 4.79 Å². The van der Waals surface area contributed by atoms with Gasteiger partial charge in [-0.05, 0) is 31.9 Å². The van der Waals surface area contributed by atoms with Crippen molar-refractivity contribution in [2.24, 2.45) is 0 Å². The van der Waals surface area contributed by atoms with Crippen molar-refractivity contribution in [3.63, 3.8) is 0 Å². The molecule has 1 N–H and O–H groups in total. The Hall–Kier alpha value is -2.02. The van der Waals surface area contributed by atoms with E-state index >= 15 is 0 Å². The molecule has 1 aliphatic rings. The van der Waals surface area contributed by atoms with E-state index < -0.39 is 6.10 Å². The summed E-state index contributed by atoms with van der Waals surface area (Å²) in [6.07, 6.45) is 5.12. The predicted molar refractivity (Wildman–Crippen MR) is 76.3 cm³/mol. The first-order valence-corrected chi connectivity index (χ1v) is 7.17. The summed E-state index contributed by atoms with van der Waals surface area (Å²) < 4.78 is 5.61. The van der Waals surface area contributed by atoms with Crippen LogP contribution in [0.2, 0.25) is 0 Å². The molecular weight excluding hydrogens is 252 g/mol. The van der Waals surface area contributed by atoms with Crippen LogP contribution in [0.15, 0.2) is 24.3 Å². The molecule has 2 rings (SSSR count). The standard InChI is InChI=1S/C16H20N2O2/c1-12(16(19)18-14-8-3-2-4-9-14)20-15-10-6-5-7-13(15)11-17/h5-7,10,12,14H,2-4,8-9H2,1H3,(H,18,19)/t12-/m0/s1. The molecule has 1 aliphatic carbocycles. The van der Waals surface area contributed by atoms with Gasteiger partial charge in [-0.25, -0.2) is 0 Å². The third-order valence-electron chi connectivity index (χ3n) is 3.63. The molecule has 1 fully saturated rings. The van der Waals surface area contributed by atoms with Gasteiger partial charge in [0.1, 0.15) is 11.8 Å². The minimum Gasteiger partial charge on any atom is -0.480 e. The van der Waals surface area contributed by atoms with Gasteiger partial charge in [0.05, 0.1) is 5.56 Å². The first-order valence-electron chi connectivity index (χ1n) is 7.17. The van der Waals surface area contributed by atoms with E-state index in [1.54, 1.807) is 31.2 Å². The minimum atomic E-state index is -0.591. The molecular formula is C16H20N2O2. The Morgan fingerprint density at radius 3 is 2.75 bits per heavy atom. The van der Waals surface area contributed by atoms with Gasteiger partial charge in [-0.15, -0.1) is 0 Å². The Balaban J connectivity index is 1.92. The first kappa shape index (κ1) is 14.4. The van der Waals surface area contributed by atoms with E-state index in [0.29, 0.717) is 11.3 Å². The summed E-state index contributed by atoms with van der Waals surface area (Å²) in [6.45, 7) is 1.71. The summed E-state index contributed by atoms with van der Waals surface area (Å²) >= 11 is 0. The normalized spacial score (nSPS) is 17.0. The van der Waals surface area contributed by atoms with Crippen LogP contribution in [0.1, 0.15) is 44.6 Å². The predicted octanol–water partition coefficient (Wildman–Crippen LogP) is 2.77. The maximum atomic E-state index is 12.1. The molecule has 1 aromatic rings. The Morgan fingerprint density at radius 2 is 2.05 bits per heavy atom. The van der Waals surface area contributed by atoms with E-state index in [2.05, 4.69) is 11.4 Å². The highest BCUT2D eigenvalue weighted by Crippen LogP contribution is 2.20. The zero-order chi connectivity index (χ0) is 14.4. The molecule has 20 heavy (non-hydrogen) atoms. The number of benzene rings is 1. The Bertz CT molecular complexity index is 501. The maximum absolute atomic E-state index is 12.1. The van der Waals surface area contributed by atoms with Crippen molar-refractivity contribution in [3.05, 3.63) is 29.8 Å². The smallest absolute Gasteiger partial charge is 0.260 e. The van der Waals surface area contributed by atoms with Crippen molar-refractivity contribution < 1.29 is 9.53 Å². The van der Waals surface area contributed by atoms with Crippen LogP contribution in [0, 0.1) is 11.3 Å². The lowest BCUT2D eigenvalue weighted by Crippen LogP contribution is -2.43. The lowest BCUT2D eigenvalue weighted by Gasteiger charge is -2.24. The molecule has 0 aliphatic heterocycles. The number of carbonyl (C=O) groups is 1. The number of nitrogens with one attached hydrogen (secondary N) is 1. The number of ether oxygens (including phenoxy) is 1. The fourth-order valence-corrected chi connectivity index (χ4v) is 2.47. The third-order valence-corrected chi connectivity index (χ3v) is 3.63. The molecule has 0 radical (unpaired) electrons. The number of nitriles is 1. The van der Waals surface area contributed by atoms with Crippen molar-refractivity contribution >= 4 is 5.91 Å². The van der Waals surface area contributed by atoms with Gasteiger partial charge in [0.2, 0.25) is 0 Å². The van der Waals surface area contributed by atoms with Crippen LogP contribution >= 0.6 is 0 Å². The van der Waals surface area contributed by atoms with Crippen molar-refractivity contribution in [1.82, 2.24) is 5.32 Å². The topological polar surface area (TPSA) is 62.1 Å². The van der Waals surface area contributed by atoms with Crippen molar-refractivity contribution in [1.29, 1.82) is 5.26 Å². The van der Waals surface area contributed by atoms with E-state index in [1.165, 1.54) is 19.3 Å². The summed E-state index contributed by atoms with van der Waals surface area (Å²) in [5.74, 6) is 0.353. The van der Waals surface area contributed by atoms with Gasteiger partial charge in [-0.2, -0.15) is 5.26 Å². The molecule has 0 spiro atoms. The summed E-state index contributed by atoms with van der Waals surface area (Å²) in [5.41, 5.74) is 0.449. The second-order valence-corrected chi connectivity index (χ2v) is 5.21. The third kappa shape index (κ3) is 3.74. The van der Waals surface area contributed by atoms with Crippen LogP contribution in [0.3, 0.4) is 0 Å². The first-order chi connectivity index (χ1) is 9.70. The average Bonchev–Trinajstić information content (AvgIpc) is 2.48. The Labute approximate surface area is 119 Å². The molecule has 0 unspecified atom stereocenters. The van der Waals surface area contributed by atoms with Crippen LogP contribution in [0.4, 0.5) is 0 Å². The summed E-state index contributed by atoms with van der Waals surface area (Å²) in [4.78, 5) is 12.1. The highest BCUT2D eigenvalue weighted by Gasteiger charge is 2.21. The monoisotopic (exact) mass is 272 g/mol. The number of nitrogens with zero attached hydrogens (tertiary/aromatic N) is 1. The summed E-state index contributed by atoms with van der Waals surface area (Å²) in [7, 11) is 0. The number of para-hydroxylation sites is 1. The van der Waals surface area contributed by atoms with Gasteiger partial charge < -0.3 is 10.1 Å². The fraction of sp³-hybridized carbons (Fsp3) is 0.500.